The molecular formula is C40H42N2O6S. The van der Waals surface area contributed by atoms with Gasteiger partial charge in [-0.2, -0.15) is 0 Å². The summed E-state index contributed by atoms with van der Waals surface area (Å²) in [5, 5.41) is 4.04. The fourth-order valence-corrected chi connectivity index (χ4v) is 6.47. The second-order valence-electron chi connectivity index (χ2n) is 12.0. The number of carbonyl (C=O) groups excluding carboxylic acids is 1. The second kappa shape index (κ2) is 18.0. The lowest BCUT2D eigenvalue weighted by molar-refractivity contribution is -0.269. The molecule has 5 atom stereocenters. The molecule has 0 saturated carbocycles. The third kappa shape index (κ3) is 10.1. The van der Waals surface area contributed by atoms with Crippen molar-refractivity contribution in [3.05, 3.63) is 155 Å². The van der Waals surface area contributed by atoms with E-state index in [1.807, 2.05) is 121 Å². The van der Waals surface area contributed by atoms with Crippen molar-refractivity contribution in [1.82, 2.24) is 4.98 Å². The minimum absolute atomic E-state index is 0.0213. The first-order valence-corrected chi connectivity index (χ1v) is 17.4. The highest BCUT2D eigenvalue weighted by atomic mass is 32.1. The third-order valence-electron chi connectivity index (χ3n) is 8.29. The van der Waals surface area contributed by atoms with Crippen LogP contribution in [0.4, 0.5) is 5.13 Å². The van der Waals surface area contributed by atoms with E-state index in [0.717, 1.165) is 22.3 Å². The van der Waals surface area contributed by atoms with Gasteiger partial charge in [-0.25, -0.2) is 4.98 Å². The highest BCUT2D eigenvalue weighted by Gasteiger charge is 2.48. The molecule has 5 aromatic rings. The van der Waals surface area contributed by atoms with Crippen LogP contribution in [0.1, 0.15) is 38.8 Å². The highest BCUT2D eigenvalue weighted by Crippen LogP contribution is 2.32. The lowest BCUT2D eigenvalue weighted by Crippen LogP contribution is -2.62. The van der Waals surface area contributed by atoms with Gasteiger partial charge >= 0.3 is 0 Å². The van der Waals surface area contributed by atoms with Crippen molar-refractivity contribution in [3.8, 4) is 0 Å². The Morgan fingerprint density at radius 1 is 0.653 bits per heavy atom. The molecule has 1 aliphatic rings. The molecule has 49 heavy (non-hydrogen) atoms. The fourth-order valence-electron chi connectivity index (χ4n) is 5.76. The summed E-state index contributed by atoms with van der Waals surface area (Å²) in [6.07, 6.45) is -0.880. The van der Waals surface area contributed by atoms with Crippen LogP contribution in [0, 0.1) is 0 Å². The molecule has 1 saturated heterocycles. The number of nitrogens with zero attached hydrogens (tertiary/aromatic N) is 1. The van der Waals surface area contributed by atoms with Crippen LogP contribution in [0.25, 0.3) is 0 Å². The van der Waals surface area contributed by atoms with Gasteiger partial charge < -0.3 is 29.0 Å². The lowest BCUT2D eigenvalue weighted by Gasteiger charge is -2.46. The van der Waals surface area contributed by atoms with E-state index in [0.29, 0.717) is 43.0 Å². The van der Waals surface area contributed by atoms with Crippen LogP contribution in [-0.4, -0.2) is 54.4 Å². The fraction of sp³-hybridized carbons (Fsp3) is 0.300. The Hall–Kier alpha value is -4.22. The minimum atomic E-state index is -0.519. The number of hydrogen-bond donors (Lipinski definition) is 1. The number of aromatic nitrogens is 1. The maximum Gasteiger partial charge on any atom is 0.183 e. The van der Waals surface area contributed by atoms with Crippen molar-refractivity contribution < 1.29 is 28.5 Å². The second-order valence-corrected chi connectivity index (χ2v) is 13.0. The van der Waals surface area contributed by atoms with E-state index in [1.54, 1.807) is 13.1 Å². The molecule has 9 heteroatoms. The number of benzene rings is 4. The number of thiazole rings is 1. The molecule has 0 amide bonds. The van der Waals surface area contributed by atoms with E-state index in [-0.39, 0.29) is 12.4 Å². The standard InChI is InChI=1S/C40H42N2O6S/c1-29(43)36-23-42-40(49-36)41-22-34-37(45-25-31-16-8-3-9-17-31)39(47-27-33-20-12-5-13-21-33)38(46-26-32-18-10-4-11-19-32)35(48-34)28-44-24-30-14-6-2-7-15-30/h2-21,23,34-35,37-39H,22,24-28H2,1H3,(H,41,42)/t34-,35-,37-,38-,39-/m1/s1. The Kier molecular flexibility index (Phi) is 12.7. The maximum atomic E-state index is 12.0. The molecule has 4 aromatic carbocycles. The number of carbonyl (C=O) groups is 1. The SMILES string of the molecule is CC(=O)c1cnc(NC[C@H]2O[C@H](COCc3ccccc3)[C@@H](OCc3ccccc3)[C@H](OCc3ccccc3)[C@@H]2OCc2ccccc2)s1. The molecule has 0 spiro atoms. The van der Waals surface area contributed by atoms with Gasteiger partial charge in [0.15, 0.2) is 10.9 Å². The van der Waals surface area contributed by atoms with E-state index in [1.165, 1.54) is 11.3 Å². The van der Waals surface area contributed by atoms with E-state index in [2.05, 4.69) is 10.3 Å². The van der Waals surface area contributed by atoms with Crippen molar-refractivity contribution in [2.24, 2.45) is 0 Å². The smallest absolute Gasteiger partial charge is 0.183 e. The Labute approximate surface area is 292 Å². The van der Waals surface area contributed by atoms with Gasteiger partial charge in [-0.1, -0.05) is 133 Å². The first-order valence-electron chi connectivity index (χ1n) is 16.6. The number of ketones is 1. The summed E-state index contributed by atoms with van der Waals surface area (Å²) in [5.41, 5.74) is 4.20. The first kappa shape index (κ1) is 34.6. The molecule has 0 aliphatic carbocycles. The highest BCUT2D eigenvalue weighted by molar-refractivity contribution is 7.17. The van der Waals surface area contributed by atoms with E-state index >= 15 is 0 Å². The average Bonchev–Trinajstić information content (AvgIpc) is 3.63. The van der Waals surface area contributed by atoms with Gasteiger partial charge in [0.2, 0.25) is 0 Å². The summed E-state index contributed by atoms with van der Waals surface area (Å²) in [6, 6.07) is 40.3. The van der Waals surface area contributed by atoms with Gasteiger partial charge in [-0.15, -0.1) is 0 Å². The van der Waals surface area contributed by atoms with Crippen molar-refractivity contribution in [3.63, 3.8) is 0 Å². The zero-order valence-corrected chi connectivity index (χ0v) is 28.4. The summed E-state index contributed by atoms with van der Waals surface area (Å²) >= 11 is 1.32. The predicted octanol–water partition coefficient (Wildman–Crippen LogP) is 7.50. The quantitative estimate of drug-likeness (QED) is 0.101. The van der Waals surface area contributed by atoms with E-state index < -0.39 is 30.5 Å². The van der Waals surface area contributed by atoms with Crippen molar-refractivity contribution >= 4 is 22.3 Å². The minimum Gasteiger partial charge on any atom is -0.374 e. The van der Waals surface area contributed by atoms with Gasteiger partial charge in [0, 0.05) is 13.5 Å². The van der Waals surface area contributed by atoms with Gasteiger partial charge in [-0.05, 0) is 22.3 Å². The van der Waals surface area contributed by atoms with E-state index in [4.69, 9.17) is 23.7 Å². The van der Waals surface area contributed by atoms with Gasteiger partial charge in [0.1, 0.15) is 30.5 Å². The van der Waals surface area contributed by atoms with Gasteiger partial charge in [0.25, 0.3) is 0 Å². The van der Waals surface area contributed by atoms with Crippen LogP contribution in [0.5, 0.6) is 0 Å². The van der Waals surface area contributed by atoms with Gasteiger partial charge in [0.05, 0.1) is 44.1 Å². The van der Waals surface area contributed by atoms with Crippen LogP contribution in [0.15, 0.2) is 128 Å². The topological polar surface area (TPSA) is 88.1 Å². The summed E-state index contributed by atoms with van der Waals surface area (Å²) < 4.78 is 33.4. The number of rotatable bonds is 17. The molecule has 0 unspecified atom stereocenters. The molecule has 2 heterocycles. The molecule has 1 fully saturated rings. The molecule has 1 aromatic heterocycles. The van der Waals surface area contributed by atoms with Crippen LogP contribution < -0.4 is 5.32 Å². The molecule has 254 valence electrons. The number of hydrogen-bond acceptors (Lipinski definition) is 9. The number of ether oxygens (including phenoxy) is 5. The van der Waals surface area contributed by atoms with Crippen molar-refractivity contribution in [1.29, 1.82) is 0 Å². The number of nitrogens with one attached hydrogen (secondary N) is 1. The number of Topliss-reactive ketones (excluding diaryl/α,β-unsaturated/α-hetero) is 1. The third-order valence-corrected chi connectivity index (χ3v) is 9.34. The molecule has 1 aliphatic heterocycles. The maximum absolute atomic E-state index is 12.0. The molecular weight excluding hydrogens is 637 g/mol. The summed E-state index contributed by atoms with van der Waals surface area (Å²) in [5.74, 6) is -0.0213. The Morgan fingerprint density at radius 2 is 1.10 bits per heavy atom. The van der Waals surface area contributed by atoms with Crippen LogP contribution in [0.3, 0.4) is 0 Å². The Bertz CT molecular complexity index is 1690. The Morgan fingerprint density at radius 3 is 1.57 bits per heavy atom. The monoisotopic (exact) mass is 678 g/mol. The molecule has 1 N–H and O–H groups in total. The molecule has 8 nitrogen and oxygen atoms in total. The first-order chi connectivity index (χ1) is 24.1. The van der Waals surface area contributed by atoms with Crippen molar-refractivity contribution in [2.75, 3.05) is 18.5 Å². The zero-order valence-electron chi connectivity index (χ0n) is 27.6. The predicted molar refractivity (Wildman–Crippen MR) is 190 cm³/mol. The summed E-state index contributed by atoms with van der Waals surface area (Å²) in [6.45, 7) is 3.74. The summed E-state index contributed by atoms with van der Waals surface area (Å²) in [4.78, 5) is 17.0. The molecule has 0 radical (unpaired) electrons. The van der Waals surface area contributed by atoms with Gasteiger partial charge in [-0.3, -0.25) is 4.79 Å². The van der Waals surface area contributed by atoms with Crippen LogP contribution in [0.2, 0.25) is 0 Å². The van der Waals surface area contributed by atoms with Crippen LogP contribution in [-0.2, 0) is 50.1 Å². The Balaban J connectivity index is 1.30. The normalized spacial score (nSPS) is 20.6. The molecule has 0 bridgehead atoms. The van der Waals surface area contributed by atoms with Crippen LogP contribution >= 0.6 is 11.3 Å². The lowest BCUT2D eigenvalue weighted by atomic mass is 9.93. The van der Waals surface area contributed by atoms with E-state index in [9.17, 15) is 4.79 Å². The van der Waals surface area contributed by atoms with Crippen molar-refractivity contribution in [2.45, 2.75) is 63.9 Å². The summed E-state index contributed by atoms with van der Waals surface area (Å²) in [7, 11) is 0. The number of anilines is 1. The largest absolute Gasteiger partial charge is 0.374 e. The average molecular weight is 679 g/mol. The molecule has 6 rings (SSSR count). The zero-order chi connectivity index (χ0) is 33.7.